The van der Waals surface area contributed by atoms with Crippen molar-refractivity contribution in [2.45, 2.75) is 0 Å². The van der Waals surface area contributed by atoms with Gasteiger partial charge in [0.1, 0.15) is 0 Å². The Morgan fingerprint density at radius 1 is 0.286 bits per heavy atom. The van der Waals surface area contributed by atoms with E-state index in [2.05, 4.69) is 156 Å². The Labute approximate surface area is 297 Å². The van der Waals surface area contributed by atoms with Gasteiger partial charge in [0.2, 0.25) is 0 Å². The summed E-state index contributed by atoms with van der Waals surface area (Å²) in [6.07, 6.45) is 8.54. The maximum atomic E-state index is 5.35. The Morgan fingerprint density at radius 3 is 0.735 bits per heavy atom. The third-order valence-corrected chi connectivity index (χ3v) is 9.00. The minimum atomic E-state index is 0. The second-order valence-corrected chi connectivity index (χ2v) is 12.0. The zero-order valence-electron chi connectivity index (χ0n) is 26.8. The third-order valence-electron chi connectivity index (χ3n) is 9.00. The van der Waals surface area contributed by atoms with Crippen LogP contribution in [0.4, 0.5) is 0 Å². The van der Waals surface area contributed by atoms with Gasteiger partial charge in [-0.2, -0.15) is 0 Å². The molecule has 0 fully saturated rings. The second-order valence-electron chi connectivity index (χ2n) is 12.0. The molecule has 4 aromatic carbocycles. The fourth-order valence-electron chi connectivity index (χ4n) is 6.84. The number of fused-ring (bicyclic) bond motifs is 8. The first-order valence-electron chi connectivity index (χ1n) is 16.2. The summed E-state index contributed by atoms with van der Waals surface area (Å²) < 4.78 is 0. The van der Waals surface area contributed by atoms with Crippen LogP contribution in [0, 0.1) is 0 Å². The van der Waals surface area contributed by atoms with Gasteiger partial charge in [-0.05, 0) is 70.8 Å². The molecule has 5 heteroatoms. The molecular formula is C44H30N4Zn. The summed E-state index contributed by atoms with van der Waals surface area (Å²) in [7, 11) is 0. The smallest absolute Gasteiger partial charge is 0.0737 e. The van der Waals surface area contributed by atoms with E-state index >= 15 is 0 Å². The van der Waals surface area contributed by atoms with Crippen LogP contribution in [0.1, 0.15) is 22.8 Å². The molecule has 2 aliphatic rings. The molecule has 3 aromatic heterocycles. The minimum Gasteiger partial charge on any atom is -0.354 e. The molecule has 8 bridgehead atoms. The van der Waals surface area contributed by atoms with Crippen LogP contribution in [0.3, 0.4) is 0 Å². The van der Waals surface area contributed by atoms with Crippen molar-refractivity contribution in [2.24, 2.45) is 0 Å². The average molecular weight is 680 g/mol. The Balaban J connectivity index is 0.00000348. The Morgan fingerprint density at radius 2 is 0.510 bits per heavy atom. The monoisotopic (exact) mass is 678 g/mol. The summed E-state index contributed by atoms with van der Waals surface area (Å²) in [6, 6.07) is 50.7. The van der Waals surface area contributed by atoms with Crippen LogP contribution in [0.25, 0.3) is 90.9 Å². The first-order valence-corrected chi connectivity index (χ1v) is 16.2. The topological polar surface area (TPSA) is 57.4 Å². The molecule has 7 aromatic rings. The zero-order chi connectivity index (χ0) is 31.9. The SMILES string of the molecule is C1=Cc2nc1c(-c1ccccc1)c1ccc([nH]1)c(-c1ccccc1)c1nc(c(-c3ccccc3)c3ccc([nH]3)c2-c2ccccc2)C=C1.[Zn]. The largest absolute Gasteiger partial charge is 0.354 e. The van der Waals surface area contributed by atoms with Crippen LogP contribution in [-0.4, -0.2) is 19.9 Å². The van der Waals surface area contributed by atoms with E-state index in [9.17, 15) is 0 Å². The van der Waals surface area contributed by atoms with Gasteiger partial charge in [-0.1, -0.05) is 121 Å². The molecule has 0 saturated carbocycles. The molecule has 49 heavy (non-hydrogen) atoms. The first kappa shape index (κ1) is 30.4. The van der Waals surface area contributed by atoms with E-state index in [1.165, 1.54) is 0 Å². The first-order chi connectivity index (χ1) is 23.8. The van der Waals surface area contributed by atoms with Gasteiger partial charge in [-0.3, -0.25) is 0 Å². The van der Waals surface area contributed by atoms with Crippen molar-refractivity contribution in [2.75, 3.05) is 0 Å². The molecule has 2 N–H and O–H groups in total. The fourth-order valence-corrected chi connectivity index (χ4v) is 6.84. The van der Waals surface area contributed by atoms with Gasteiger partial charge in [0.15, 0.2) is 0 Å². The van der Waals surface area contributed by atoms with Gasteiger partial charge in [0, 0.05) is 63.8 Å². The number of H-pyrrole nitrogens is 2. The van der Waals surface area contributed by atoms with E-state index < -0.39 is 0 Å². The maximum Gasteiger partial charge on any atom is 0.0737 e. The molecule has 0 saturated heterocycles. The summed E-state index contributed by atoms with van der Waals surface area (Å²) in [5, 5.41) is 0. The fraction of sp³-hybridized carbons (Fsp3) is 0. The Kier molecular flexibility index (Phi) is 8.05. The van der Waals surface area contributed by atoms with Crippen LogP contribution in [0.15, 0.2) is 146 Å². The summed E-state index contributed by atoms with van der Waals surface area (Å²) in [4.78, 5) is 18.3. The number of rotatable bonds is 4. The van der Waals surface area contributed by atoms with E-state index in [1.54, 1.807) is 0 Å². The predicted octanol–water partition coefficient (Wildman–Crippen LogP) is 11.3. The molecule has 9 rings (SSSR count). The normalized spacial score (nSPS) is 11.8. The molecule has 5 heterocycles. The Hall–Kier alpha value is -5.90. The van der Waals surface area contributed by atoms with Gasteiger partial charge < -0.3 is 9.97 Å². The number of nitrogens with zero attached hydrogens (tertiary/aromatic N) is 2. The molecule has 0 radical (unpaired) electrons. The van der Waals surface area contributed by atoms with Crippen LogP contribution < -0.4 is 0 Å². The molecule has 2 aliphatic heterocycles. The van der Waals surface area contributed by atoms with Crippen LogP contribution in [0.2, 0.25) is 0 Å². The molecule has 4 nitrogen and oxygen atoms in total. The molecule has 0 aliphatic carbocycles. The van der Waals surface area contributed by atoms with Crippen molar-refractivity contribution in [3.63, 3.8) is 0 Å². The number of aromatic amines is 2. The van der Waals surface area contributed by atoms with E-state index in [-0.39, 0.29) is 19.5 Å². The van der Waals surface area contributed by atoms with Crippen molar-refractivity contribution in [1.82, 2.24) is 19.9 Å². The molecule has 0 atom stereocenters. The van der Waals surface area contributed by atoms with Crippen molar-refractivity contribution in [3.05, 3.63) is 168 Å². The van der Waals surface area contributed by atoms with E-state index in [1.807, 2.05) is 24.3 Å². The van der Waals surface area contributed by atoms with Crippen molar-refractivity contribution >= 4 is 46.4 Å². The average Bonchev–Trinajstić information content (AvgIpc) is 3.98. The number of aromatic nitrogens is 4. The number of benzene rings is 4. The van der Waals surface area contributed by atoms with Crippen LogP contribution >= 0.6 is 0 Å². The number of hydrogen-bond acceptors (Lipinski definition) is 2. The summed E-state index contributed by atoms with van der Waals surface area (Å²) in [5.41, 5.74) is 16.2. The van der Waals surface area contributed by atoms with Crippen molar-refractivity contribution in [3.8, 4) is 44.5 Å². The van der Waals surface area contributed by atoms with E-state index in [0.717, 1.165) is 89.4 Å². The molecular weight excluding hydrogens is 650 g/mol. The number of hydrogen-bond donors (Lipinski definition) is 2. The summed E-state index contributed by atoms with van der Waals surface area (Å²) in [5.74, 6) is 0. The van der Waals surface area contributed by atoms with E-state index in [4.69, 9.17) is 9.97 Å². The van der Waals surface area contributed by atoms with Gasteiger partial charge in [0.25, 0.3) is 0 Å². The molecule has 228 valence electrons. The minimum absolute atomic E-state index is 0. The molecule has 0 amide bonds. The summed E-state index contributed by atoms with van der Waals surface area (Å²) in [6.45, 7) is 0. The quantitative estimate of drug-likeness (QED) is 0.182. The molecule has 0 unspecified atom stereocenters. The van der Waals surface area contributed by atoms with Crippen LogP contribution in [-0.2, 0) is 19.5 Å². The third kappa shape index (κ3) is 5.59. The van der Waals surface area contributed by atoms with Crippen molar-refractivity contribution in [1.29, 1.82) is 0 Å². The molecule has 0 spiro atoms. The second kappa shape index (κ2) is 13.0. The van der Waals surface area contributed by atoms with Crippen LogP contribution in [0.5, 0.6) is 0 Å². The maximum absolute atomic E-state index is 5.35. The predicted molar refractivity (Wildman–Crippen MR) is 201 cm³/mol. The van der Waals surface area contributed by atoms with Gasteiger partial charge in [0.05, 0.1) is 22.8 Å². The van der Waals surface area contributed by atoms with Gasteiger partial charge >= 0.3 is 0 Å². The van der Waals surface area contributed by atoms with Gasteiger partial charge in [-0.15, -0.1) is 0 Å². The van der Waals surface area contributed by atoms with Gasteiger partial charge in [-0.25, -0.2) is 9.97 Å². The number of nitrogens with one attached hydrogen (secondary N) is 2. The Bertz CT molecular complexity index is 2180. The van der Waals surface area contributed by atoms with E-state index in [0.29, 0.717) is 0 Å². The standard InChI is InChI=1S/C44H30N4.Zn/c1-5-13-29(14-6-1)41-33-21-23-35(45-33)42(30-15-7-2-8-16-30)37-25-27-39(47-37)44(32-19-11-4-12-20-32)40-28-26-38(48-40)43(31-17-9-3-10-18-31)36-24-22-34(41)46-36;/h1-28,45,48H;. The summed E-state index contributed by atoms with van der Waals surface area (Å²) >= 11 is 0. The van der Waals surface area contributed by atoms with Crippen molar-refractivity contribution < 1.29 is 19.5 Å². The zero-order valence-corrected chi connectivity index (χ0v) is 29.7.